The van der Waals surface area contributed by atoms with Crippen LogP contribution in [0, 0.1) is 13.8 Å². The number of fused-ring (bicyclic) bond motifs is 10. The topological polar surface area (TPSA) is 38.7 Å². The minimum Gasteiger partial charge on any atom is -0.256 e. The number of benzene rings is 5. The first-order chi connectivity index (χ1) is 22.1. The van der Waals surface area contributed by atoms with E-state index in [1.165, 1.54) is 55.6 Å². The van der Waals surface area contributed by atoms with E-state index < -0.39 is 5.41 Å². The number of aryl methyl sites for hydroxylation is 2. The average Bonchev–Trinajstić information content (AvgIpc) is 3.55. The van der Waals surface area contributed by atoms with Gasteiger partial charge in [0.05, 0.1) is 22.5 Å². The van der Waals surface area contributed by atoms with Gasteiger partial charge < -0.3 is 0 Å². The minimum atomic E-state index is -0.424. The van der Waals surface area contributed by atoms with Crippen LogP contribution < -0.4 is 0 Å². The van der Waals surface area contributed by atoms with Crippen molar-refractivity contribution in [3.05, 3.63) is 173 Å². The van der Waals surface area contributed by atoms with E-state index in [1.54, 1.807) is 0 Å². The fraction of sp³-hybridized carbons (Fsp3) is 0.0714. The van der Waals surface area contributed by atoms with Crippen LogP contribution in [0.2, 0.25) is 0 Å². The lowest BCUT2D eigenvalue weighted by atomic mass is 9.70. The molecule has 9 rings (SSSR count). The van der Waals surface area contributed by atoms with Crippen LogP contribution in [0.15, 0.2) is 140 Å². The van der Waals surface area contributed by atoms with E-state index in [0.29, 0.717) is 0 Å². The molecule has 1 atom stereocenters. The Morgan fingerprint density at radius 3 is 1.89 bits per heavy atom. The molecule has 0 aliphatic heterocycles. The third-order valence-electron chi connectivity index (χ3n) is 9.51. The van der Waals surface area contributed by atoms with Crippen molar-refractivity contribution in [3.63, 3.8) is 0 Å². The van der Waals surface area contributed by atoms with E-state index in [2.05, 4.69) is 134 Å². The second-order valence-corrected chi connectivity index (χ2v) is 12.1. The molecule has 2 aromatic heterocycles. The summed E-state index contributed by atoms with van der Waals surface area (Å²) in [7, 11) is 0. The molecule has 0 saturated carbocycles. The van der Waals surface area contributed by atoms with Crippen LogP contribution in [0.3, 0.4) is 0 Å². The Morgan fingerprint density at radius 1 is 0.444 bits per heavy atom. The monoisotopic (exact) mass is 575 g/mol. The molecular formula is C42H29N3. The second kappa shape index (κ2) is 9.67. The molecule has 0 amide bonds. The molecule has 3 heteroatoms. The first kappa shape index (κ1) is 25.8. The highest BCUT2D eigenvalue weighted by Crippen LogP contribution is 2.64. The summed E-state index contributed by atoms with van der Waals surface area (Å²) in [6, 6.07) is 48.3. The molecule has 7 aromatic rings. The number of nitrogens with zero attached hydrogens (tertiary/aromatic N) is 3. The number of hydrogen-bond acceptors (Lipinski definition) is 3. The molecule has 2 heterocycles. The van der Waals surface area contributed by atoms with Crippen molar-refractivity contribution in [3.8, 4) is 56.0 Å². The Bertz CT molecular complexity index is 2300. The lowest BCUT2D eigenvalue weighted by Gasteiger charge is -2.30. The summed E-state index contributed by atoms with van der Waals surface area (Å²) in [5.41, 5.74) is 17.3. The highest BCUT2D eigenvalue weighted by molar-refractivity contribution is 6.00. The molecule has 0 N–H and O–H groups in total. The molecule has 0 bridgehead atoms. The van der Waals surface area contributed by atoms with Gasteiger partial charge in [0.25, 0.3) is 0 Å². The smallest absolute Gasteiger partial charge is 0.126 e. The average molecular weight is 576 g/mol. The molecule has 5 aromatic carbocycles. The molecule has 3 nitrogen and oxygen atoms in total. The fourth-order valence-electron chi connectivity index (χ4n) is 7.72. The number of hydrogen-bond donors (Lipinski definition) is 0. The summed E-state index contributed by atoms with van der Waals surface area (Å²) >= 11 is 0. The van der Waals surface area contributed by atoms with Crippen LogP contribution in [0.1, 0.15) is 33.6 Å². The molecule has 212 valence electrons. The van der Waals surface area contributed by atoms with Gasteiger partial charge in [-0.15, -0.1) is 0 Å². The Hall–Kier alpha value is -5.67. The summed E-state index contributed by atoms with van der Waals surface area (Å²) in [4.78, 5) is 14.5. The second-order valence-electron chi connectivity index (χ2n) is 12.1. The molecule has 2 aliphatic rings. The number of rotatable bonds is 3. The quantitative estimate of drug-likeness (QED) is 0.210. The zero-order valence-corrected chi connectivity index (χ0v) is 25.1. The molecule has 0 radical (unpaired) electrons. The third kappa shape index (κ3) is 3.67. The lowest BCUT2D eigenvalue weighted by molar-refractivity contribution is 0.794. The molecular weight excluding hydrogens is 546 g/mol. The highest BCUT2D eigenvalue weighted by Gasteiger charge is 2.52. The van der Waals surface area contributed by atoms with Crippen molar-refractivity contribution < 1.29 is 0 Å². The van der Waals surface area contributed by atoms with Gasteiger partial charge in [-0.05, 0) is 88.2 Å². The maximum atomic E-state index is 4.91. The van der Waals surface area contributed by atoms with Crippen LogP contribution in [0.5, 0.6) is 0 Å². The largest absolute Gasteiger partial charge is 0.256 e. The van der Waals surface area contributed by atoms with Crippen molar-refractivity contribution >= 4 is 0 Å². The summed E-state index contributed by atoms with van der Waals surface area (Å²) in [5.74, 6) is 0.764. The van der Waals surface area contributed by atoms with Crippen molar-refractivity contribution in [2.75, 3.05) is 0 Å². The SMILES string of the molecule is Cc1ccnc(-c2cccc3c2-c2ccccc2C32c3ccccc3-c3cc(-c4cc(-c5ccccc5)nc(C)n4)ccc32)c1. The van der Waals surface area contributed by atoms with Gasteiger partial charge in [0.15, 0.2) is 0 Å². The van der Waals surface area contributed by atoms with Crippen LogP contribution in [0.25, 0.3) is 56.0 Å². The van der Waals surface area contributed by atoms with Gasteiger partial charge in [0, 0.05) is 22.9 Å². The summed E-state index contributed by atoms with van der Waals surface area (Å²) in [5, 5.41) is 0. The minimum absolute atomic E-state index is 0.424. The lowest BCUT2D eigenvalue weighted by Crippen LogP contribution is -2.25. The summed E-state index contributed by atoms with van der Waals surface area (Å²) < 4.78 is 0. The Kier molecular flexibility index (Phi) is 5.54. The van der Waals surface area contributed by atoms with E-state index in [0.717, 1.165) is 34.0 Å². The van der Waals surface area contributed by atoms with Gasteiger partial charge in [-0.1, -0.05) is 109 Å². The fourth-order valence-corrected chi connectivity index (χ4v) is 7.72. The molecule has 0 fully saturated rings. The van der Waals surface area contributed by atoms with Gasteiger partial charge in [-0.2, -0.15) is 0 Å². The van der Waals surface area contributed by atoms with E-state index in [9.17, 15) is 0 Å². The van der Waals surface area contributed by atoms with Crippen LogP contribution in [-0.4, -0.2) is 15.0 Å². The van der Waals surface area contributed by atoms with Gasteiger partial charge in [0.2, 0.25) is 0 Å². The standard InChI is InChI=1S/C42H29N3/c1-26-21-22-43-40(23-26)32-15-10-18-37-41(32)31-14-7-9-17-35(31)42(37)34-16-8-6-13-30(34)33-24-29(19-20-36(33)42)39-25-38(44-27(2)45-39)28-11-4-3-5-12-28/h3-25H,1-2H3. The summed E-state index contributed by atoms with van der Waals surface area (Å²) in [6.07, 6.45) is 1.92. The summed E-state index contributed by atoms with van der Waals surface area (Å²) in [6.45, 7) is 4.10. The molecule has 2 aliphatic carbocycles. The Balaban J connectivity index is 1.31. The van der Waals surface area contributed by atoms with Crippen LogP contribution in [-0.2, 0) is 5.41 Å². The molecule has 45 heavy (non-hydrogen) atoms. The molecule has 0 saturated heterocycles. The zero-order chi connectivity index (χ0) is 30.1. The third-order valence-corrected chi connectivity index (χ3v) is 9.51. The van der Waals surface area contributed by atoms with E-state index in [-0.39, 0.29) is 0 Å². The Morgan fingerprint density at radius 2 is 1.09 bits per heavy atom. The van der Waals surface area contributed by atoms with Gasteiger partial charge in [0.1, 0.15) is 5.82 Å². The van der Waals surface area contributed by atoms with Crippen molar-refractivity contribution in [2.45, 2.75) is 19.3 Å². The van der Waals surface area contributed by atoms with Gasteiger partial charge >= 0.3 is 0 Å². The normalized spacial score (nSPS) is 15.4. The first-order valence-electron chi connectivity index (χ1n) is 15.5. The molecule has 1 spiro atoms. The van der Waals surface area contributed by atoms with Crippen molar-refractivity contribution in [1.82, 2.24) is 15.0 Å². The maximum Gasteiger partial charge on any atom is 0.126 e. The van der Waals surface area contributed by atoms with Crippen LogP contribution in [0.4, 0.5) is 0 Å². The van der Waals surface area contributed by atoms with Crippen molar-refractivity contribution in [2.24, 2.45) is 0 Å². The van der Waals surface area contributed by atoms with Crippen LogP contribution >= 0.6 is 0 Å². The predicted octanol–water partition coefficient (Wildman–Crippen LogP) is 9.83. The van der Waals surface area contributed by atoms with E-state index in [4.69, 9.17) is 15.0 Å². The maximum absolute atomic E-state index is 4.91. The molecule has 1 unspecified atom stereocenters. The van der Waals surface area contributed by atoms with E-state index >= 15 is 0 Å². The predicted molar refractivity (Wildman–Crippen MR) is 182 cm³/mol. The number of aromatic nitrogens is 3. The van der Waals surface area contributed by atoms with Crippen molar-refractivity contribution in [1.29, 1.82) is 0 Å². The van der Waals surface area contributed by atoms with Gasteiger partial charge in [-0.25, -0.2) is 9.97 Å². The Labute approximate surface area is 263 Å². The first-order valence-corrected chi connectivity index (χ1v) is 15.5. The number of pyridine rings is 1. The zero-order valence-electron chi connectivity index (χ0n) is 25.1. The van der Waals surface area contributed by atoms with E-state index in [1.807, 2.05) is 19.2 Å². The highest BCUT2D eigenvalue weighted by atomic mass is 14.9. The van der Waals surface area contributed by atoms with Gasteiger partial charge in [-0.3, -0.25) is 4.98 Å².